The van der Waals surface area contributed by atoms with Crippen LogP contribution >= 0.6 is 11.8 Å². The second-order valence-electron chi connectivity index (χ2n) is 3.27. The molecule has 1 heterocycles. The zero-order valence-electron chi connectivity index (χ0n) is 7.62. The van der Waals surface area contributed by atoms with Gasteiger partial charge in [0.25, 0.3) is 0 Å². The van der Waals surface area contributed by atoms with Gasteiger partial charge < -0.3 is 0 Å². The molecule has 0 unspecified atom stereocenters. The fourth-order valence-corrected chi connectivity index (χ4v) is 2.79. The first kappa shape index (κ1) is 8.82. The number of hydrogen-bond donors (Lipinski definition) is 0. The molecule has 0 radical (unpaired) electrons. The lowest BCUT2D eigenvalue weighted by Gasteiger charge is -2.21. The smallest absolute Gasteiger partial charge is 0.165 e. The number of carbonyl (C=O) groups is 1. The molecule has 0 saturated carbocycles. The molecule has 1 aliphatic heterocycles. The van der Waals surface area contributed by atoms with Crippen LogP contribution in [-0.2, 0) is 0 Å². The normalized spacial score (nSPS) is 21.3. The second-order valence-corrected chi connectivity index (χ2v) is 4.61. The molecular weight excluding hydrogens is 180 g/mol. The van der Waals surface area contributed by atoms with Crippen LogP contribution in [0.15, 0.2) is 29.2 Å². The number of Topliss-reactive ketones (excluding diaryl/α,β-unsaturated/α-hetero) is 1. The molecule has 2 rings (SSSR count). The molecule has 0 amide bonds. The first-order valence-electron chi connectivity index (χ1n) is 4.60. The van der Waals surface area contributed by atoms with E-state index in [1.807, 2.05) is 36.0 Å². The Morgan fingerprint density at radius 1 is 1.46 bits per heavy atom. The van der Waals surface area contributed by atoms with Crippen LogP contribution < -0.4 is 0 Å². The highest BCUT2D eigenvalue weighted by Crippen LogP contribution is 2.36. The Bertz CT molecular complexity index is 333. The Morgan fingerprint density at radius 3 is 3.00 bits per heavy atom. The number of ketones is 1. The molecule has 0 spiro atoms. The van der Waals surface area contributed by atoms with Gasteiger partial charge >= 0.3 is 0 Å². The van der Waals surface area contributed by atoms with Gasteiger partial charge in [-0.1, -0.05) is 25.1 Å². The summed E-state index contributed by atoms with van der Waals surface area (Å²) in [5.41, 5.74) is 0.914. The van der Waals surface area contributed by atoms with Crippen LogP contribution in [0.25, 0.3) is 0 Å². The molecule has 0 aliphatic carbocycles. The summed E-state index contributed by atoms with van der Waals surface area (Å²) in [5.74, 6) is 0.307. The summed E-state index contributed by atoms with van der Waals surface area (Å²) >= 11 is 1.84. The summed E-state index contributed by atoms with van der Waals surface area (Å²) in [7, 11) is 0. The quantitative estimate of drug-likeness (QED) is 0.680. The van der Waals surface area contributed by atoms with Crippen molar-refractivity contribution in [2.24, 2.45) is 0 Å². The summed E-state index contributed by atoms with van der Waals surface area (Å²) < 4.78 is 0. The summed E-state index contributed by atoms with van der Waals surface area (Å²) in [5, 5.41) is 0.488. The molecule has 0 aromatic heterocycles. The zero-order valence-corrected chi connectivity index (χ0v) is 8.43. The monoisotopic (exact) mass is 192 g/mol. The van der Waals surface area contributed by atoms with Crippen molar-refractivity contribution in [2.45, 2.75) is 29.9 Å². The minimum absolute atomic E-state index is 0.307. The van der Waals surface area contributed by atoms with Crippen LogP contribution in [0.1, 0.15) is 30.1 Å². The van der Waals surface area contributed by atoms with E-state index in [1.165, 1.54) is 0 Å². The highest BCUT2D eigenvalue weighted by molar-refractivity contribution is 8.00. The Balaban J connectivity index is 2.37. The molecule has 68 valence electrons. The minimum atomic E-state index is 0.307. The molecule has 1 aromatic rings. The van der Waals surface area contributed by atoms with Crippen molar-refractivity contribution >= 4 is 17.5 Å². The molecule has 1 atom stereocenters. The van der Waals surface area contributed by atoms with Gasteiger partial charge in [0, 0.05) is 22.1 Å². The summed E-state index contributed by atoms with van der Waals surface area (Å²) in [6.07, 6.45) is 1.78. The third-order valence-electron chi connectivity index (χ3n) is 2.35. The molecule has 0 bridgehead atoms. The van der Waals surface area contributed by atoms with Gasteiger partial charge in [-0.2, -0.15) is 0 Å². The Kier molecular flexibility index (Phi) is 2.40. The van der Waals surface area contributed by atoms with Gasteiger partial charge in [-0.3, -0.25) is 4.79 Å². The van der Waals surface area contributed by atoms with Gasteiger partial charge in [-0.15, -0.1) is 11.8 Å². The van der Waals surface area contributed by atoms with Crippen LogP contribution in [0.4, 0.5) is 0 Å². The van der Waals surface area contributed by atoms with E-state index in [9.17, 15) is 4.79 Å². The summed E-state index contributed by atoms with van der Waals surface area (Å²) in [4.78, 5) is 12.8. The average Bonchev–Trinajstić information content (AvgIpc) is 2.18. The van der Waals surface area contributed by atoms with E-state index >= 15 is 0 Å². The zero-order chi connectivity index (χ0) is 9.26. The maximum Gasteiger partial charge on any atom is 0.165 e. The lowest BCUT2D eigenvalue weighted by molar-refractivity contribution is 0.0976. The third-order valence-corrected chi connectivity index (χ3v) is 3.79. The number of rotatable bonds is 1. The maximum absolute atomic E-state index is 11.6. The van der Waals surface area contributed by atoms with E-state index in [1.54, 1.807) is 0 Å². The van der Waals surface area contributed by atoms with Gasteiger partial charge in [0.15, 0.2) is 5.78 Å². The van der Waals surface area contributed by atoms with E-state index in [2.05, 4.69) is 6.92 Å². The Labute approximate surface area is 82.5 Å². The Morgan fingerprint density at radius 2 is 2.23 bits per heavy atom. The van der Waals surface area contributed by atoms with Crippen molar-refractivity contribution in [1.29, 1.82) is 0 Å². The van der Waals surface area contributed by atoms with Gasteiger partial charge in [-0.25, -0.2) is 0 Å². The topological polar surface area (TPSA) is 17.1 Å². The highest BCUT2D eigenvalue weighted by Gasteiger charge is 2.23. The number of thioether (sulfide) groups is 1. The summed E-state index contributed by atoms with van der Waals surface area (Å²) in [6.45, 7) is 2.14. The predicted molar refractivity (Wildman–Crippen MR) is 55.3 cm³/mol. The summed E-state index contributed by atoms with van der Waals surface area (Å²) in [6, 6.07) is 7.90. The number of fused-ring (bicyclic) bond motifs is 1. The molecule has 1 aromatic carbocycles. The number of hydrogen-bond acceptors (Lipinski definition) is 2. The van der Waals surface area contributed by atoms with Crippen molar-refractivity contribution in [2.75, 3.05) is 0 Å². The first-order valence-corrected chi connectivity index (χ1v) is 5.48. The fraction of sp³-hybridized carbons (Fsp3) is 0.364. The fourth-order valence-electron chi connectivity index (χ4n) is 1.57. The standard InChI is InChI=1S/C11H12OS/c1-2-8-7-10(12)9-5-3-4-6-11(9)13-8/h3-6,8H,2,7H2,1H3/t8-/m0/s1. The lowest BCUT2D eigenvalue weighted by Crippen LogP contribution is -2.16. The highest BCUT2D eigenvalue weighted by atomic mass is 32.2. The predicted octanol–water partition coefficient (Wildman–Crippen LogP) is 3.14. The number of carbonyl (C=O) groups excluding carboxylic acids is 1. The number of benzene rings is 1. The second kappa shape index (κ2) is 3.54. The molecule has 0 fully saturated rings. The van der Waals surface area contributed by atoms with Crippen molar-refractivity contribution in [1.82, 2.24) is 0 Å². The first-order chi connectivity index (χ1) is 6.31. The molecule has 1 nitrogen and oxygen atoms in total. The lowest BCUT2D eigenvalue weighted by atomic mass is 10.0. The van der Waals surface area contributed by atoms with Crippen LogP contribution in [0.2, 0.25) is 0 Å². The molecule has 0 N–H and O–H groups in total. The van der Waals surface area contributed by atoms with E-state index in [0.717, 1.165) is 16.9 Å². The van der Waals surface area contributed by atoms with Crippen molar-refractivity contribution < 1.29 is 4.79 Å². The molecule has 2 heteroatoms. The SMILES string of the molecule is CC[C@H]1CC(=O)c2ccccc2S1. The largest absolute Gasteiger partial charge is 0.294 e. The van der Waals surface area contributed by atoms with Gasteiger partial charge in [0.2, 0.25) is 0 Å². The van der Waals surface area contributed by atoms with E-state index in [0.29, 0.717) is 17.5 Å². The van der Waals surface area contributed by atoms with Crippen molar-refractivity contribution in [3.05, 3.63) is 29.8 Å². The average molecular weight is 192 g/mol. The van der Waals surface area contributed by atoms with E-state index in [4.69, 9.17) is 0 Å². The molecule has 0 saturated heterocycles. The van der Waals surface area contributed by atoms with Crippen LogP contribution in [0.3, 0.4) is 0 Å². The van der Waals surface area contributed by atoms with Gasteiger partial charge in [0.05, 0.1) is 0 Å². The molecular formula is C11H12OS. The van der Waals surface area contributed by atoms with Crippen LogP contribution in [0.5, 0.6) is 0 Å². The minimum Gasteiger partial charge on any atom is -0.294 e. The molecule has 13 heavy (non-hydrogen) atoms. The van der Waals surface area contributed by atoms with E-state index in [-0.39, 0.29) is 0 Å². The van der Waals surface area contributed by atoms with Crippen molar-refractivity contribution in [3.8, 4) is 0 Å². The van der Waals surface area contributed by atoms with E-state index < -0.39 is 0 Å². The van der Waals surface area contributed by atoms with Crippen molar-refractivity contribution in [3.63, 3.8) is 0 Å². The Hall–Kier alpha value is -0.760. The van der Waals surface area contributed by atoms with Crippen LogP contribution in [0, 0.1) is 0 Å². The van der Waals surface area contributed by atoms with Crippen LogP contribution in [-0.4, -0.2) is 11.0 Å². The molecule has 1 aliphatic rings. The van der Waals surface area contributed by atoms with Gasteiger partial charge in [-0.05, 0) is 12.5 Å². The maximum atomic E-state index is 11.6. The third kappa shape index (κ3) is 1.63. The van der Waals surface area contributed by atoms with Gasteiger partial charge in [0.1, 0.15) is 0 Å².